The Labute approximate surface area is 93.2 Å². The van der Waals surface area contributed by atoms with Gasteiger partial charge >= 0.3 is 11.9 Å². The maximum absolute atomic E-state index is 13.4. The van der Waals surface area contributed by atoms with Gasteiger partial charge in [0.25, 0.3) is 0 Å². The Morgan fingerprint density at radius 3 is 2.44 bits per heavy atom. The summed E-state index contributed by atoms with van der Waals surface area (Å²) in [5.74, 6) is -7.42. The molecule has 0 spiro atoms. The Bertz CT molecular complexity index is 289. The first-order chi connectivity index (χ1) is 7.39. The molecule has 1 aliphatic carbocycles. The van der Waals surface area contributed by atoms with Gasteiger partial charge in [0.05, 0.1) is 6.61 Å². The molecule has 5 heteroatoms. The van der Waals surface area contributed by atoms with E-state index in [0.29, 0.717) is 12.8 Å². The van der Waals surface area contributed by atoms with Crippen molar-refractivity contribution in [1.82, 2.24) is 0 Å². The summed E-state index contributed by atoms with van der Waals surface area (Å²) in [6.07, 6.45) is 1.64. The van der Waals surface area contributed by atoms with Crippen LogP contribution in [0.3, 0.4) is 0 Å². The van der Waals surface area contributed by atoms with Crippen LogP contribution >= 0.6 is 0 Å². The molecule has 2 atom stereocenters. The fraction of sp³-hybridized carbons (Fsp3) is 0.818. The lowest BCUT2D eigenvalue weighted by Gasteiger charge is -2.17. The molecule has 0 bridgehead atoms. The highest BCUT2D eigenvalue weighted by atomic mass is 19.3. The van der Waals surface area contributed by atoms with Crippen molar-refractivity contribution in [3.05, 3.63) is 0 Å². The van der Waals surface area contributed by atoms with Gasteiger partial charge in [-0.2, -0.15) is 8.78 Å². The molecule has 92 valence electrons. The molecule has 1 rings (SSSR count). The number of rotatable bonds is 4. The van der Waals surface area contributed by atoms with Gasteiger partial charge in [-0.25, -0.2) is 4.79 Å². The van der Waals surface area contributed by atoms with Crippen LogP contribution in [0.2, 0.25) is 0 Å². The third kappa shape index (κ3) is 2.57. The third-order valence-electron chi connectivity index (χ3n) is 2.91. The third-order valence-corrected chi connectivity index (χ3v) is 2.91. The Morgan fingerprint density at radius 1 is 1.38 bits per heavy atom. The molecule has 0 aliphatic heterocycles. The highest BCUT2D eigenvalue weighted by Gasteiger charge is 2.52. The van der Waals surface area contributed by atoms with Crippen LogP contribution in [-0.4, -0.2) is 24.3 Å². The monoisotopic (exact) mass is 234 g/mol. The van der Waals surface area contributed by atoms with Crippen molar-refractivity contribution in [3.63, 3.8) is 0 Å². The molecule has 0 aromatic rings. The van der Waals surface area contributed by atoms with E-state index >= 15 is 0 Å². The van der Waals surface area contributed by atoms with E-state index in [-0.39, 0.29) is 12.5 Å². The summed E-state index contributed by atoms with van der Waals surface area (Å²) >= 11 is 0. The van der Waals surface area contributed by atoms with E-state index in [1.807, 2.05) is 6.92 Å². The van der Waals surface area contributed by atoms with Gasteiger partial charge in [0.1, 0.15) is 0 Å². The number of carbonyl (C=O) groups is 2. The number of esters is 1. The zero-order chi connectivity index (χ0) is 12.3. The lowest BCUT2D eigenvalue weighted by molar-refractivity contribution is -0.178. The molecule has 0 aromatic heterocycles. The molecule has 0 radical (unpaired) electrons. The first-order valence-corrected chi connectivity index (χ1v) is 5.49. The number of halogens is 2. The van der Waals surface area contributed by atoms with Crippen LogP contribution in [-0.2, 0) is 14.3 Å². The lowest BCUT2D eigenvalue weighted by Crippen LogP contribution is -2.42. The maximum atomic E-state index is 13.4. The SMILES string of the molecule is CCOC(=O)C(F)(F)C(=O)C1CCC(C)C1. The molecule has 3 nitrogen and oxygen atoms in total. The number of Topliss-reactive ketones (excluding diaryl/α,β-unsaturated/α-hetero) is 1. The summed E-state index contributed by atoms with van der Waals surface area (Å²) in [6.45, 7) is 3.19. The van der Waals surface area contributed by atoms with Gasteiger partial charge in [0.2, 0.25) is 5.78 Å². The number of hydrogen-bond donors (Lipinski definition) is 0. The summed E-state index contributed by atoms with van der Waals surface area (Å²) in [4.78, 5) is 22.4. The highest BCUT2D eigenvalue weighted by molar-refractivity contribution is 6.06. The van der Waals surface area contributed by atoms with E-state index in [1.165, 1.54) is 6.92 Å². The summed E-state index contributed by atoms with van der Waals surface area (Å²) < 4.78 is 30.9. The smallest absolute Gasteiger partial charge is 0.400 e. The van der Waals surface area contributed by atoms with Gasteiger partial charge in [-0.3, -0.25) is 4.79 Å². The predicted molar refractivity (Wildman–Crippen MR) is 53.1 cm³/mol. The van der Waals surface area contributed by atoms with Crippen molar-refractivity contribution in [2.45, 2.75) is 39.0 Å². The van der Waals surface area contributed by atoms with Gasteiger partial charge < -0.3 is 4.74 Å². The van der Waals surface area contributed by atoms with Crippen molar-refractivity contribution in [2.75, 3.05) is 6.61 Å². The number of carbonyl (C=O) groups excluding carboxylic acids is 2. The van der Waals surface area contributed by atoms with Gasteiger partial charge in [-0.1, -0.05) is 6.92 Å². The summed E-state index contributed by atoms with van der Waals surface area (Å²) in [7, 11) is 0. The zero-order valence-electron chi connectivity index (χ0n) is 9.46. The standard InChI is InChI=1S/C11H16F2O3/c1-3-16-10(15)11(12,13)9(14)8-5-4-7(2)6-8/h7-8H,3-6H2,1-2H3. The number of hydrogen-bond acceptors (Lipinski definition) is 3. The molecule has 1 aliphatic rings. The topological polar surface area (TPSA) is 43.4 Å². The maximum Gasteiger partial charge on any atom is 0.400 e. The molecule has 2 unspecified atom stereocenters. The van der Waals surface area contributed by atoms with Gasteiger partial charge in [0.15, 0.2) is 0 Å². The zero-order valence-corrected chi connectivity index (χ0v) is 9.46. The molecule has 1 saturated carbocycles. The molecule has 16 heavy (non-hydrogen) atoms. The van der Waals surface area contributed by atoms with Crippen molar-refractivity contribution >= 4 is 11.8 Å². The van der Waals surface area contributed by atoms with Gasteiger partial charge in [-0.05, 0) is 32.1 Å². The molecule has 0 N–H and O–H groups in total. The largest absolute Gasteiger partial charge is 0.461 e. The minimum absolute atomic E-state index is 0.150. The van der Waals surface area contributed by atoms with E-state index in [1.54, 1.807) is 0 Å². The normalized spacial score (nSPS) is 25.5. The van der Waals surface area contributed by atoms with Gasteiger partial charge in [-0.15, -0.1) is 0 Å². The highest BCUT2D eigenvalue weighted by Crippen LogP contribution is 2.35. The van der Waals surface area contributed by atoms with Crippen LogP contribution < -0.4 is 0 Å². The average molecular weight is 234 g/mol. The van der Waals surface area contributed by atoms with Crippen LogP contribution in [0.1, 0.15) is 33.1 Å². The van der Waals surface area contributed by atoms with Crippen molar-refractivity contribution in [1.29, 1.82) is 0 Å². The summed E-state index contributed by atoms with van der Waals surface area (Å²) in [6, 6.07) is 0. The van der Waals surface area contributed by atoms with E-state index in [2.05, 4.69) is 4.74 Å². The Kier molecular flexibility index (Phi) is 3.99. The Hall–Kier alpha value is -1.00. The second-order valence-electron chi connectivity index (χ2n) is 4.27. The fourth-order valence-electron chi connectivity index (χ4n) is 2.02. The molecule has 0 amide bonds. The Balaban J connectivity index is 2.68. The van der Waals surface area contributed by atoms with Crippen LogP contribution in [0.25, 0.3) is 0 Å². The lowest BCUT2D eigenvalue weighted by atomic mass is 9.96. The van der Waals surface area contributed by atoms with Crippen LogP contribution in [0.15, 0.2) is 0 Å². The fourth-order valence-corrected chi connectivity index (χ4v) is 2.02. The first kappa shape index (κ1) is 13.1. The molecule has 0 saturated heterocycles. The van der Waals surface area contributed by atoms with Crippen LogP contribution in [0.5, 0.6) is 0 Å². The quantitative estimate of drug-likeness (QED) is 0.553. The number of ketones is 1. The van der Waals surface area contributed by atoms with Crippen LogP contribution in [0.4, 0.5) is 8.78 Å². The van der Waals surface area contributed by atoms with Crippen molar-refractivity contribution in [3.8, 4) is 0 Å². The Morgan fingerprint density at radius 2 is 2.00 bits per heavy atom. The number of alkyl halides is 2. The van der Waals surface area contributed by atoms with Crippen LogP contribution in [0, 0.1) is 11.8 Å². The van der Waals surface area contributed by atoms with Crippen molar-refractivity contribution < 1.29 is 23.1 Å². The number of ether oxygens (including phenoxy) is 1. The molecule has 1 fully saturated rings. The van der Waals surface area contributed by atoms with E-state index in [9.17, 15) is 18.4 Å². The molecular weight excluding hydrogens is 218 g/mol. The average Bonchev–Trinajstić information content (AvgIpc) is 2.64. The summed E-state index contributed by atoms with van der Waals surface area (Å²) in [5, 5.41) is 0. The van der Waals surface area contributed by atoms with Crippen molar-refractivity contribution in [2.24, 2.45) is 11.8 Å². The minimum Gasteiger partial charge on any atom is -0.461 e. The van der Waals surface area contributed by atoms with E-state index < -0.39 is 23.6 Å². The van der Waals surface area contributed by atoms with E-state index in [4.69, 9.17) is 0 Å². The predicted octanol–water partition coefficient (Wildman–Crippen LogP) is 2.19. The minimum atomic E-state index is -3.98. The van der Waals surface area contributed by atoms with E-state index in [0.717, 1.165) is 6.42 Å². The molecular formula is C11H16F2O3. The van der Waals surface area contributed by atoms with Gasteiger partial charge in [0, 0.05) is 5.92 Å². The molecule has 0 heterocycles. The summed E-state index contributed by atoms with van der Waals surface area (Å²) in [5.41, 5.74) is 0. The second kappa shape index (κ2) is 4.89. The second-order valence-corrected chi connectivity index (χ2v) is 4.27. The molecule has 0 aromatic carbocycles. The first-order valence-electron chi connectivity index (χ1n) is 5.49.